The second-order valence-electron chi connectivity index (χ2n) is 4.53. The summed E-state index contributed by atoms with van der Waals surface area (Å²) in [7, 11) is 0. The predicted octanol–water partition coefficient (Wildman–Crippen LogP) is 5.58. The van der Waals surface area contributed by atoms with Crippen molar-refractivity contribution >= 4 is 37.5 Å². The molecule has 0 fully saturated rings. The average Bonchev–Trinajstić information content (AvgIpc) is 2.34. The highest BCUT2D eigenvalue weighted by Crippen LogP contribution is 2.25. The van der Waals surface area contributed by atoms with Crippen molar-refractivity contribution in [3.05, 3.63) is 61.8 Å². The van der Waals surface area contributed by atoms with Crippen LogP contribution < -0.4 is 5.32 Å². The van der Waals surface area contributed by atoms with Crippen LogP contribution in [0.3, 0.4) is 0 Å². The number of hydrogen-bond acceptors (Lipinski definition) is 1. The van der Waals surface area contributed by atoms with Gasteiger partial charge in [0.15, 0.2) is 0 Å². The van der Waals surface area contributed by atoms with Gasteiger partial charge in [-0.15, -0.1) is 0 Å². The Hall–Kier alpha value is -0.870. The van der Waals surface area contributed by atoms with Crippen LogP contribution in [0, 0.1) is 19.7 Å². The third-order valence-electron chi connectivity index (χ3n) is 2.95. The van der Waals surface area contributed by atoms with Crippen LogP contribution >= 0.6 is 31.9 Å². The Morgan fingerprint density at radius 1 is 1.05 bits per heavy atom. The molecule has 0 saturated heterocycles. The molecule has 1 N–H and O–H groups in total. The summed E-state index contributed by atoms with van der Waals surface area (Å²) in [5.41, 5.74) is 4.18. The molecule has 4 heteroatoms. The average molecular weight is 387 g/mol. The van der Waals surface area contributed by atoms with Gasteiger partial charge in [-0.25, -0.2) is 4.39 Å². The zero-order chi connectivity index (χ0) is 14.0. The Labute approximate surface area is 129 Å². The molecule has 0 aromatic heterocycles. The lowest BCUT2D eigenvalue weighted by molar-refractivity contribution is 0.621. The third-order valence-corrected chi connectivity index (χ3v) is 4.29. The number of benzene rings is 2. The fraction of sp³-hybridized carbons (Fsp3) is 0.200. The standard InChI is InChI=1S/C15H14Br2FN/c1-9-3-4-11(12(16)5-9)8-19-15-7-14(18)13(17)6-10(15)2/h3-7,19H,8H2,1-2H3. The van der Waals surface area contributed by atoms with Gasteiger partial charge in [0.05, 0.1) is 4.47 Å². The number of aryl methyl sites for hydroxylation is 2. The van der Waals surface area contributed by atoms with Crippen molar-refractivity contribution in [2.24, 2.45) is 0 Å². The fourth-order valence-corrected chi connectivity index (χ4v) is 2.91. The molecule has 2 aromatic carbocycles. The van der Waals surface area contributed by atoms with Gasteiger partial charge in [0.2, 0.25) is 0 Å². The first kappa shape index (κ1) is 14.5. The topological polar surface area (TPSA) is 12.0 Å². The minimum atomic E-state index is -0.254. The van der Waals surface area contributed by atoms with Crippen LogP contribution in [-0.2, 0) is 6.54 Å². The maximum Gasteiger partial charge on any atom is 0.139 e. The Morgan fingerprint density at radius 3 is 2.47 bits per heavy atom. The van der Waals surface area contributed by atoms with Gasteiger partial charge in [-0.05, 0) is 64.7 Å². The number of halogens is 3. The quantitative estimate of drug-likeness (QED) is 0.725. The van der Waals surface area contributed by atoms with E-state index in [1.165, 1.54) is 11.6 Å². The van der Waals surface area contributed by atoms with Crippen molar-refractivity contribution in [1.29, 1.82) is 0 Å². The molecule has 0 aliphatic heterocycles. The molecule has 0 atom stereocenters. The molecule has 0 amide bonds. The molecule has 1 nitrogen and oxygen atoms in total. The van der Waals surface area contributed by atoms with Crippen molar-refractivity contribution in [1.82, 2.24) is 0 Å². The maximum absolute atomic E-state index is 13.5. The first-order chi connectivity index (χ1) is 8.97. The molecule has 0 aliphatic rings. The van der Waals surface area contributed by atoms with E-state index in [2.05, 4.69) is 62.3 Å². The minimum Gasteiger partial charge on any atom is -0.381 e. The zero-order valence-electron chi connectivity index (χ0n) is 10.7. The van der Waals surface area contributed by atoms with Gasteiger partial charge in [-0.1, -0.05) is 28.1 Å². The highest BCUT2D eigenvalue weighted by Gasteiger charge is 2.06. The van der Waals surface area contributed by atoms with E-state index >= 15 is 0 Å². The SMILES string of the molecule is Cc1ccc(CNc2cc(F)c(Br)cc2C)c(Br)c1. The van der Waals surface area contributed by atoms with E-state index in [9.17, 15) is 4.39 Å². The molecule has 100 valence electrons. The Balaban J connectivity index is 2.16. The van der Waals surface area contributed by atoms with Gasteiger partial charge in [-0.2, -0.15) is 0 Å². The zero-order valence-corrected chi connectivity index (χ0v) is 13.9. The van der Waals surface area contributed by atoms with E-state index in [1.54, 1.807) is 6.07 Å². The summed E-state index contributed by atoms with van der Waals surface area (Å²) in [6, 6.07) is 9.50. The van der Waals surface area contributed by atoms with Gasteiger partial charge in [0, 0.05) is 16.7 Å². The van der Waals surface area contributed by atoms with E-state index < -0.39 is 0 Å². The van der Waals surface area contributed by atoms with E-state index in [1.807, 2.05) is 6.92 Å². The van der Waals surface area contributed by atoms with Crippen LogP contribution in [0.2, 0.25) is 0 Å². The van der Waals surface area contributed by atoms with Crippen LogP contribution in [0.1, 0.15) is 16.7 Å². The Kier molecular flexibility index (Phi) is 4.63. The Morgan fingerprint density at radius 2 is 1.79 bits per heavy atom. The van der Waals surface area contributed by atoms with Crippen molar-refractivity contribution in [3.8, 4) is 0 Å². The fourth-order valence-electron chi connectivity index (χ4n) is 1.82. The van der Waals surface area contributed by atoms with Crippen LogP contribution in [0.25, 0.3) is 0 Å². The molecule has 0 bridgehead atoms. The largest absolute Gasteiger partial charge is 0.381 e. The number of hydrogen-bond donors (Lipinski definition) is 1. The molecule has 0 radical (unpaired) electrons. The van der Waals surface area contributed by atoms with Gasteiger partial charge in [-0.3, -0.25) is 0 Å². The molecule has 0 heterocycles. The van der Waals surface area contributed by atoms with Crippen molar-refractivity contribution < 1.29 is 4.39 Å². The van der Waals surface area contributed by atoms with Crippen LogP contribution in [0.15, 0.2) is 39.3 Å². The molecule has 0 unspecified atom stereocenters. The highest BCUT2D eigenvalue weighted by atomic mass is 79.9. The molecular weight excluding hydrogens is 373 g/mol. The molecular formula is C15H14Br2FN. The summed E-state index contributed by atoms with van der Waals surface area (Å²) in [6.45, 7) is 4.66. The second-order valence-corrected chi connectivity index (χ2v) is 6.24. The first-order valence-corrected chi connectivity index (χ1v) is 7.50. The molecule has 0 saturated carbocycles. The summed E-state index contributed by atoms with van der Waals surface area (Å²) >= 11 is 6.73. The van der Waals surface area contributed by atoms with Crippen molar-refractivity contribution in [2.75, 3.05) is 5.32 Å². The first-order valence-electron chi connectivity index (χ1n) is 5.92. The molecule has 0 aliphatic carbocycles. The highest BCUT2D eigenvalue weighted by molar-refractivity contribution is 9.10. The van der Waals surface area contributed by atoms with Crippen LogP contribution in [0.4, 0.5) is 10.1 Å². The molecule has 2 aromatic rings. The number of rotatable bonds is 3. The van der Waals surface area contributed by atoms with E-state index in [0.29, 0.717) is 11.0 Å². The van der Waals surface area contributed by atoms with E-state index in [0.717, 1.165) is 21.3 Å². The summed E-state index contributed by atoms with van der Waals surface area (Å²) in [4.78, 5) is 0. The van der Waals surface area contributed by atoms with E-state index in [4.69, 9.17) is 0 Å². The second kappa shape index (κ2) is 6.06. The maximum atomic E-state index is 13.5. The van der Waals surface area contributed by atoms with Crippen LogP contribution in [-0.4, -0.2) is 0 Å². The number of nitrogens with one attached hydrogen (secondary N) is 1. The van der Waals surface area contributed by atoms with Gasteiger partial charge in [0.25, 0.3) is 0 Å². The lowest BCUT2D eigenvalue weighted by atomic mass is 10.1. The summed E-state index contributed by atoms with van der Waals surface area (Å²) in [5, 5.41) is 3.27. The predicted molar refractivity (Wildman–Crippen MR) is 85.0 cm³/mol. The summed E-state index contributed by atoms with van der Waals surface area (Å²) in [6.07, 6.45) is 0. The lowest BCUT2D eigenvalue weighted by Gasteiger charge is -2.12. The van der Waals surface area contributed by atoms with Crippen molar-refractivity contribution in [3.63, 3.8) is 0 Å². The third kappa shape index (κ3) is 3.57. The summed E-state index contributed by atoms with van der Waals surface area (Å²) in [5.74, 6) is -0.254. The normalized spacial score (nSPS) is 10.6. The van der Waals surface area contributed by atoms with E-state index in [-0.39, 0.29) is 5.82 Å². The lowest BCUT2D eigenvalue weighted by Crippen LogP contribution is -2.02. The monoisotopic (exact) mass is 385 g/mol. The van der Waals surface area contributed by atoms with Gasteiger partial charge < -0.3 is 5.32 Å². The van der Waals surface area contributed by atoms with Crippen LogP contribution in [0.5, 0.6) is 0 Å². The number of anilines is 1. The van der Waals surface area contributed by atoms with Gasteiger partial charge >= 0.3 is 0 Å². The minimum absolute atomic E-state index is 0.254. The van der Waals surface area contributed by atoms with Gasteiger partial charge in [0.1, 0.15) is 5.82 Å². The van der Waals surface area contributed by atoms with Crippen molar-refractivity contribution in [2.45, 2.75) is 20.4 Å². The molecule has 19 heavy (non-hydrogen) atoms. The Bertz CT molecular complexity index is 611. The molecule has 2 rings (SSSR count). The smallest absolute Gasteiger partial charge is 0.139 e. The molecule has 0 spiro atoms. The summed E-state index contributed by atoms with van der Waals surface area (Å²) < 4.78 is 15.1.